The molecule has 0 bridgehead atoms. The molecule has 34 heavy (non-hydrogen) atoms. The summed E-state index contributed by atoms with van der Waals surface area (Å²) in [7, 11) is 0. The van der Waals surface area contributed by atoms with Crippen molar-refractivity contribution < 1.29 is 4.79 Å². The highest BCUT2D eigenvalue weighted by molar-refractivity contribution is 5.85. The fraction of sp³-hybridized carbons (Fsp3) is 0.516. The summed E-state index contributed by atoms with van der Waals surface area (Å²) in [6, 6.07) is 15.9. The van der Waals surface area contributed by atoms with E-state index in [0.717, 1.165) is 38.9 Å². The Hall–Kier alpha value is -2.39. The molecule has 2 aromatic carbocycles. The van der Waals surface area contributed by atoms with Gasteiger partial charge in [-0.2, -0.15) is 0 Å². The first-order valence-corrected chi connectivity index (χ1v) is 13.3. The Balaban J connectivity index is 1.37. The zero-order valence-corrected chi connectivity index (χ0v) is 21.3. The molecule has 2 aliphatic heterocycles. The summed E-state index contributed by atoms with van der Waals surface area (Å²) in [5.41, 5.74) is 10.2. The predicted molar refractivity (Wildman–Crippen MR) is 141 cm³/mol. The molecule has 1 unspecified atom stereocenters. The van der Waals surface area contributed by atoms with Crippen molar-refractivity contribution in [1.82, 2.24) is 9.80 Å². The molecular formula is C31H40N2O. The number of allylic oxidation sites excluding steroid dienone is 1. The van der Waals surface area contributed by atoms with Gasteiger partial charge in [0, 0.05) is 31.5 Å². The zero-order chi connectivity index (χ0) is 23.7. The van der Waals surface area contributed by atoms with Gasteiger partial charge in [0.15, 0.2) is 0 Å². The van der Waals surface area contributed by atoms with Gasteiger partial charge in [0.2, 0.25) is 5.91 Å². The summed E-state index contributed by atoms with van der Waals surface area (Å²) in [5.74, 6) is 0.346. The van der Waals surface area contributed by atoms with E-state index in [0.29, 0.717) is 12.3 Å². The number of piperidine rings is 2. The minimum Gasteiger partial charge on any atom is -0.342 e. The maximum atomic E-state index is 13.0. The minimum absolute atomic E-state index is 0.000396. The van der Waals surface area contributed by atoms with Crippen molar-refractivity contribution in [3.8, 4) is 0 Å². The van der Waals surface area contributed by atoms with Crippen LogP contribution in [-0.4, -0.2) is 48.4 Å². The Morgan fingerprint density at radius 1 is 0.912 bits per heavy atom. The van der Waals surface area contributed by atoms with Crippen molar-refractivity contribution in [2.24, 2.45) is 0 Å². The number of fused-ring (bicyclic) bond motifs is 1. The van der Waals surface area contributed by atoms with E-state index in [2.05, 4.69) is 73.0 Å². The maximum Gasteiger partial charge on any atom is 0.223 e. The number of amides is 1. The van der Waals surface area contributed by atoms with Gasteiger partial charge in [0.1, 0.15) is 0 Å². The van der Waals surface area contributed by atoms with Crippen molar-refractivity contribution in [2.45, 2.75) is 71.1 Å². The van der Waals surface area contributed by atoms with Gasteiger partial charge in [0.25, 0.3) is 0 Å². The third-order valence-corrected chi connectivity index (χ3v) is 8.66. The average Bonchev–Trinajstić information content (AvgIpc) is 3.16. The second kappa shape index (κ2) is 9.70. The van der Waals surface area contributed by atoms with E-state index in [4.69, 9.17) is 0 Å². The number of carbonyl (C=O) groups is 1. The molecule has 1 amide bonds. The first-order valence-electron chi connectivity index (χ1n) is 13.3. The van der Waals surface area contributed by atoms with Gasteiger partial charge in [-0.1, -0.05) is 61.4 Å². The third kappa shape index (κ3) is 4.47. The molecule has 1 atom stereocenters. The van der Waals surface area contributed by atoms with Crippen LogP contribution >= 0.6 is 0 Å². The zero-order valence-electron chi connectivity index (χ0n) is 21.3. The molecule has 2 saturated heterocycles. The lowest BCUT2D eigenvalue weighted by atomic mass is 9.73. The van der Waals surface area contributed by atoms with Crippen LogP contribution in [0.15, 0.2) is 48.0 Å². The molecule has 5 rings (SSSR count). The number of aryl methyl sites for hydroxylation is 2. The van der Waals surface area contributed by atoms with E-state index in [1.807, 2.05) is 0 Å². The summed E-state index contributed by atoms with van der Waals surface area (Å²) in [5, 5.41) is 0. The molecular weight excluding hydrogens is 416 g/mol. The average molecular weight is 457 g/mol. The van der Waals surface area contributed by atoms with Gasteiger partial charge in [-0.25, -0.2) is 0 Å². The Labute approximate surface area is 205 Å². The first kappa shape index (κ1) is 23.4. The fourth-order valence-corrected chi connectivity index (χ4v) is 6.53. The molecule has 0 saturated carbocycles. The van der Waals surface area contributed by atoms with Crippen LogP contribution in [0, 0.1) is 13.8 Å². The molecule has 0 aromatic heterocycles. The largest absolute Gasteiger partial charge is 0.342 e. The molecule has 0 spiro atoms. The summed E-state index contributed by atoms with van der Waals surface area (Å²) in [4.78, 5) is 17.6. The lowest BCUT2D eigenvalue weighted by molar-refractivity contribution is -0.132. The van der Waals surface area contributed by atoms with Gasteiger partial charge < -0.3 is 9.80 Å². The SMILES string of the molecule is Cc1cc2c(cc1C)C(=C1CCN(C(=O)CCN3CCCCC3)CC1)C(C)(c1ccccc1)C2. The van der Waals surface area contributed by atoms with Gasteiger partial charge in [-0.15, -0.1) is 0 Å². The fourth-order valence-electron chi connectivity index (χ4n) is 6.53. The third-order valence-electron chi connectivity index (χ3n) is 8.66. The molecule has 0 N–H and O–H groups in total. The molecule has 0 radical (unpaired) electrons. The molecule has 3 nitrogen and oxygen atoms in total. The van der Waals surface area contributed by atoms with Crippen LogP contribution in [-0.2, 0) is 16.6 Å². The van der Waals surface area contributed by atoms with Gasteiger partial charge in [-0.05, 0) is 92.4 Å². The lowest BCUT2D eigenvalue weighted by Gasteiger charge is -2.35. The van der Waals surface area contributed by atoms with E-state index in [1.54, 1.807) is 5.57 Å². The van der Waals surface area contributed by atoms with Crippen molar-refractivity contribution in [3.63, 3.8) is 0 Å². The number of hydrogen-bond donors (Lipinski definition) is 0. The molecule has 1 aliphatic carbocycles. The second-order valence-corrected chi connectivity index (χ2v) is 11.0. The topological polar surface area (TPSA) is 23.6 Å². The van der Waals surface area contributed by atoms with Crippen molar-refractivity contribution in [2.75, 3.05) is 32.7 Å². The monoisotopic (exact) mass is 456 g/mol. The molecule has 180 valence electrons. The normalized spacial score (nSPS) is 23.3. The Morgan fingerprint density at radius 2 is 1.59 bits per heavy atom. The summed E-state index contributed by atoms with van der Waals surface area (Å²) in [6.07, 6.45) is 7.65. The minimum atomic E-state index is -0.000396. The Bertz CT molecular complexity index is 1070. The number of nitrogens with zero attached hydrogens (tertiary/aromatic N) is 2. The summed E-state index contributed by atoms with van der Waals surface area (Å²) >= 11 is 0. The molecule has 3 heteroatoms. The summed E-state index contributed by atoms with van der Waals surface area (Å²) in [6.45, 7) is 11.9. The first-order chi connectivity index (χ1) is 16.5. The van der Waals surface area contributed by atoms with Crippen LogP contribution in [0.2, 0.25) is 0 Å². The smallest absolute Gasteiger partial charge is 0.223 e. The standard InChI is InChI=1S/C31H40N2O/c1-23-20-26-22-31(3,27-10-6-4-7-11-27)30(28(26)21-24(23)2)25-12-18-33(19-13-25)29(34)14-17-32-15-8-5-9-16-32/h4,6-7,10-11,20-21H,5,8-9,12-19,22H2,1-3H3. The number of rotatable bonds is 4. The molecule has 2 aromatic rings. The number of benzene rings is 2. The predicted octanol–water partition coefficient (Wildman–Crippen LogP) is 6.07. The van der Waals surface area contributed by atoms with Crippen molar-refractivity contribution in [1.29, 1.82) is 0 Å². The molecule has 3 aliphatic rings. The van der Waals surface area contributed by atoms with E-state index in [9.17, 15) is 4.79 Å². The highest BCUT2D eigenvalue weighted by atomic mass is 16.2. The number of carbonyl (C=O) groups excluding carboxylic acids is 1. The Morgan fingerprint density at radius 3 is 2.29 bits per heavy atom. The second-order valence-electron chi connectivity index (χ2n) is 11.0. The number of likely N-dealkylation sites (tertiary alicyclic amines) is 2. The van der Waals surface area contributed by atoms with Crippen molar-refractivity contribution >= 4 is 11.5 Å². The summed E-state index contributed by atoms with van der Waals surface area (Å²) < 4.78 is 0. The Kier molecular flexibility index (Phi) is 6.66. The lowest BCUT2D eigenvalue weighted by Crippen LogP contribution is -2.39. The van der Waals surface area contributed by atoms with E-state index >= 15 is 0 Å². The van der Waals surface area contributed by atoms with Crippen LogP contribution in [0.25, 0.3) is 5.57 Å². The molecule has 2 fully saturated rings. The quantitative estimate of drug-likeness (QED) is 0.557. The number of hydrogen-bond acceptors (Lipinski definition) is 2. The van der Waals surface area contributed by atoms with Gasteiger partial charge >= 0.3 is 0 Å². The van der Waals surface area contributed by atoms with Gasteiger partial charge in [0.05, 0.1) is 0 Å². The van der Waals surface area contributed by atoms with Gasteiger partial charge in [-0.3, -0.25) is 4.79 Å². The maximum absolute atomic E-state index is 13.0. The van der Waals surface area contributed by atoms with E-state index in [-0.39, 0.29) is 5.41 Å². The highest BCUT2D eigenvalue weighted by Gasteiger charge is 2.41. The van der Waals surface area contributed by atoms with Crippen LogP contribution in [0.4, 0.5) is 0 Å². The van der Waals surface area contributed by atoms with E-state index in [1.165, 1.54) is 65.7 Å². The highest BCUT2D eigenvalue weighted by Crippen LogP contribution is 2.51. The van der Waals surface area contributed by atoms with Crippen molar-refractivity contribution in [3.05, 3.63) is 75.9 Å². The van der Waals surface area contributed by atoms with Crippen LogP contribution < -0.4 is 0 Å². The van der Waals surface area contributed by atoms with Crippen LogP contribution in [0.1, 0.15) is 73.3 Å². The van der Waals surface area contributed by atoms with Crippen LogP contribution in [0.5, 0.6) is 0 Å². The van der Waals surface area contributed by atoms with Crippen LogP contribution in [0.3, 0.4) is 0 Å². The molecule has 2 heterocycles. The van der Waals surface area contributed by atoms with E-state index < -0.39 is 0 Å².